The average molecular weight is 347 g/mol. The lowest BCUT2D eigenvalue weighted by Gasteiger charge is -2.29. The summed E-state index contributed by atoms with van der Waals surface area (Å²) in [5.74, 6) is -0.581. The zero-order valence-electron chi connectivity index (χ0n) is 9.87. The minimum atomic E-state index is -3.92. The van der Waals surface area contributed by atoms with E-state index in [1.165, 1.54) is 12.1 Å². The summed E-state index contributed by atoms with van der Waals surface area (Å²) in [6.45, 7) is 1.84. The van der Waals surface area contributed by atoms with Crippen LogP contribution in [0.4, 0.5) is 0 Å². The largest absolute Gasteiger partial charge is 0.356 e. The molecule has 1 atom stereocenters. The predicted octanol–water partition coefficient (Wildman–Crippen LogP) is 0.628. The van der Waals surface area contributed by atoms with Gasteiger partial charge in [0.2, 0.25) is 6.35 Å². The molecule has 0 spiro atoms. The monoisotopic (exact) mass is 346 g/mol. The number of nitrogens with one attached hydrogen (secondary N) is 1. The van der Waals surface area contributed by atoms with Crippen LogP contribution in [0.15, 0.2) is 39.8 Å². The number of hydrogen-bond acceptors (Lipinski definition) is 4. The van der Waals surface area contributed by atoms with Gasteiger partial charge in [-0.25, -0.2) is 12.7 Å². The second kappa shape index (κ2) is 4.95. The van der Waals surface area contributed by atoms with Crippen LogP contribution in [0.25, 0.3) is 0 Å². The molecule has 0 radical (unpaired) electrons. The molecule has 1 unspecified atom stereocenters. The lowest BCUT2D eigenvalue weighted by Crippen LogP contribution is -2.51. The van der Waals surface area contributed by atoms with Crippen molar-refractivity contribution in [3.8, 4) is 0 Å². The molecule has 0 saturated heterocycles. The lowest BCUT2D eigenvalue weighted by atomic mass is 10.2. The normalized spacial score (nSPS) is 19.9. The van der Waals surface area contributed by atoms with Crippen LogP contribution in [0.2, 0.25) is 0 Å². The molecule has 6 nitrogen and oxygen atoms in total. The molecule has 8 heteroatoms. The number of carbonyl (C=O) groups is 1. The van der Waals surface area contributed by atoms with Crippen molar-refractivity contribution in [2.75, 3.05) is 0 Å². The molecule has 2 N–H and O–H groups in total. The van der Waals surface area contributed by atoms with E-state index in [0.717, 1.165) is 11.8 Å². The molecular formula is C11H11BrN2O4S. The van der Waals surface area contributed by atoms with Gasteiger partial charge in [-0.3, -0.25) is 4.79 Å². The van der Waals surface area contributed by atoms with Gasteiger partial charge in [0.05, 0.1) is 9.38 Å². The van der Waals surface area contributed by atoms with Crippen LogP contribution in [0.1, 0.15) is 5.56 Å². The molecule has 0 aromatic heterocycles. The van der Waals surface area contributed by atoms with Crippen molar-refractivity contribution in [1.29, 1.82) is 0 Å². The van der Waals surface area contributed by atoms with Crippen LogP contribution in [0.3, 0.4) is 0 Å². The minimum Gasteiger partial charge on any atom is -0.356 e. The Kier molecular flexibility index (Phi) is 3.66. The number of carbonyl (C=O) groups excluding carboxylic acids is 1. The Morgan fingerprint density at radius 2 is 1.89 bits per heavy atom. The number of aryl methyl sites for hydroxylation is 1. The van der Waals surface area contributed by atoms with Crippen molar-refractivity contribution in [3.63, 3.8) is 0 Å². The second-order valence-electron chi connectivity index (χ2n) is 3.97. The molecule has 1 aromatic rings. The molecule has 0 saturated carbocycles. The Hall–Kier alpha value is -1.38. The summed E-state index contributed by atoms with van der Waals surface area (Å²) >= 11 is 2.93. The van der Waals surface area contributed by atoms with Crippen LogP contribution in [-0.4, -0.2) is 30.1 Å². The first kappa shape index (κ1) is 14.0. The molecular weight excluding hydrogens is 336 g/mol. The summed E-state index contributed by atoms with van der Waals surface area (Å²) in [5, 5.41) is 11.8. The third kappa shape index (κ3) is 2.65. The van der Waals surface area contributed by atoms with Gasteiger partial charge in [-0.1, -0.05) is 17.7 Å². The molecule has 1 aliphatic heterocycles. The number of halogens is 1. The van der Waals surface area contributed by atoms with Gasteiger partial charge in [0.25, 0.3) is 15.9 Å². The Balaban J connectivity index is 2.45. The van der Waals surface area contributed by atoms with Gasteiger partial charge in [-0.15, -0.1) is 0 Å². The third-order valence-electron chi connectivity index (χ3n) is 2.56. The van der Waals surface area contributed by atoms with Crippen molar-refractivity contribution >= 4 is 31.9 Å². The van der Waals surface area contributed by atoms with E-state index in [1.807, 2.05) is 6.92 Å². The molecule has 0 bridgehead atoms. The van der Waals surface area contributed by atoms with E-state index in [0.29, 0.717) is 4.31 Å². The van der Waals surface area contributed by atoms with E-state index in [-0.39, 0.29) is 9.38 Å². The highest BCUT2D eigenvalue weighted by molar-refractivity contribution is 9.12. The zero-order chi connectivity index (χ0) is 14.2. The fourth-order valence-electron chi connectivity index (χ4n) is 1.52. The van der Waals surface area contributed by atoms with Crippen molar-refractivity contribution in [2.45, 2.75) is 18.2 Å². The van der Waals surface area contributed by atoms with Crippen LogP contribution in [-0.2, 0) is 14.8 Å². The highest BCUT2D eigenvalue weighted by Gasteiger charge is 2.33. The SMILES string of the molecule is Cc1ccc(S(=O)(=O)N2C=C(Br)C(=O)NC2O)cc1. The number of amides is 1. The number of nitrogens with zero attached hydrogens (tertiary/aromatic N) is 1. The average Bonchev–Trinajstić information content (AvgIpc) is 2.34. The summed E-state index contributed by atoms with van der Waals surface area (Å²) in [4.78, 5) is 11.3. The quantitative estimate of drug-likeness (QED) is 0.822. The molecule has 0 aliphatic carbocycles. The van der Waals surface area contributed by atoms with Crippen LogP contribution in [0, 0.1) is 6.92 Å². The fraction of sp³-hybridized carbons (Fsp3) is 0.182. The maximum absolute atomic E-state index is 12.3. The highest BCUT2D eigenvalue weighted by atomic mass is 79.9. The summed E-state index contributed by atoms with van der Waals surface area (Å²) in [6, 6.07) is 6.19. The Morgan fingerprint density at radius 1 is 1.32 bits per heavy atom. The number of aliphatic hydroxyl groups excluding tert-OH is 1. The summed E-state index contributed by atoms with van der Waals surface area (Å²) in [6.07, 6.45) is -0.585. The molecule has 1 heterocycles. The number of aliphatic hydroxyl groups is 1. The van der Waals surface area contributed by atoms with Crippen LogP contribution in [0.5, 0.6) is 0 Å². The first-order chi connectivity index (χ1) is 8.82. The van der Waals surface area contributed by atoms with Crippen molar-refractivity contribution in [2.24, 2.45) is 0 Å². The maximum Gasteiger partial charge on any atom is 0.267 e. The number of rotatable bonds is 2. The van der Waals surface area contributed by atoms with Gasteiger partial charge < -0.3 is 10.4 Å². The van der Waals surface area contributed by atoms with E-state index in [4.69, 9.17) is 0 Å². The first-order valence-electron chi connectivity index (χ1n) is 5.29. The minimum absolute atomic E-state index is 0.0217. The Labute approximate surface area is 118 Å². The Bertz CT molecular complexity index is 639. The zero-order valence-corrected chi connectivity index (χ0v) is 12.3. The molecule has 19 heavy (non-hydrogen) atoms. The van der Waals surface area contributed by atoms with Gasteiger partial charge >= 0.3 is 0 Å². The predicted molar refractivity (Wildman–Crippen MR) is 71.4 cm³/mol. The van der Waals surface area contributed by atoms with Gasteiger partial charge in [-0.2, -0.15) is 0 Å². The van der Waals surface area contributed by atoms with Gasteiger partial charge in [0.1, 0.15) is 0 Å². The fourth-order valence-corrected chi connectivity index (χ4v) is 3.28. The van der Waals surface area contributed by atoms with Crippen LogP contribution < -0.4 is 5.32 Å². The van der Waals surface area contributed by atoms with Crippen molar-refractivity contribution in [3.05, 3.63) is 40.5 Å². The third-order valence-corrected chi connectivity index (χ3v) is 4.85. The summed E-state index contributed by atoms with van der Waals surface area (Å²) in [5.41, 5.74) is 0.920. The van der Waals surface area contributed by atoms with Gasteiger partial charge in [-0.05, 0) is 35.0 Å². The molecule has 1 amide bonds. The van der Waals surface area contributed by atoms with E-state index >= 15 is 0 Å². The smallest absolute Gasteiger partial charge is 0.267 e. The number of benzene rings is 1. The first-order valence-corrected chi connectivity index (χ1v) is 7.52. The number of hydrogen-bond donors (Lipinski definition) is 2. The van der Waals surface area contributed by atoms with E-state index in [1.54, 1.807) is 12.1 Å². The van der Waals surface area contributed by atoms with E-state index in [2.05, 4.69) is 21.2 Å². The number of sulfonamides is 1. The van der Waals surface area contributed by atoms with E-state index < -0.39 is 22.3 Å². The molecule has 1 aromatic carbocycles. The van der Waals surface area contributed by atoms with Crippen molar-refractivity contribution in [1.82, 2.24) is 9.62 Å². The highest BCUT2D eigenvalue weighted by Crippen LogP contribution is 2.23. The molecule has 0 fully saturated rings. The second-order valence-corrected chi connectivity index (χ2v) is 6.67. The molecule has 1 aliphatic rings. The maximum atomic E-state index is 12.3. The topological polar surface area (TPSA) is 86.7 Å². The molecule has 2 rings (SSSR count). The van der Waals surface area contributed by atoms with Gasteiger partial charge in [0.15, 0.2) is 0 Å². The van der Waals surface area contributed by atoms with Crippen LogP contribution >= 0.6 is 15.9 Å². The summed E-state index contributed by atoms with van der Waals surface area (Å²) < 4.78 is 25.3. The van der Waals surface area contributed by atoms with Gasteiger partial charge in [0, 0.05) is 6.20 Å². The van der Waals surface area contributed by atoms with E-state index in [9.17, 15) is 18.3 Å². The standard InChI is InChI=1S/C11H11BrN2O4S/c1-7-2-4-8(5-3-7)19(17,18)14-6-9(12)10(15)13-11(14)16/h2-6,11,16H,1H3,(H,13,15). The molecule has 102 valence electrons. The lowest BCUT2D eigenvalue weighted by molar-refractivity contribution is -0.122. The summed E-state index contributed by atoms with van der Waals surface area (Å²) in [7, 11) is -3.92. The Morgan fingerprint density at radius 3 is 2.47 bits per heavy atom. The van der Waals surface area contributed by atoms with Crippen molar-refractivity contribution < 1.29 is 18.3 Å².